The summed E-state index contributed by atoms with van der Waals surface area (Å²) < 4.78 is 5.42. The zero-order chi connectivity index (χ0) is 25.5. The van der Waals surface area contributed by atoms with Crippen molar-refractivity contribution in [2.75, 3.05) is 24.2 Å². The van der Waals surface area contributed by atoms with E-state index in [1.165, 1.54) is 4.90 Å². The predicted octanol–water partition coefficient (Wildman–Crippen LogP) is 3.72. The molecular weight excluding hydrogens is 478 g/mol. The molecule has 0 saturated heterocycles. The second-order valence-corrected chi connectivity index (χ2v) is 9.20. The van der Waals surface area contributed by atoms with Crippen LogP contribution >= 0.6 is 11.8 Å². The van der Waals surface area contributed by atoms with E-state index in [1.54, 1.807) is 24.3 Å². The molecule has 36 heavy (non-hydrogen) atoms. The molecule has 2 aliphatic rings. The van der Waals surface area contributed by atoms with E-state index in [0.717, 1.165) is 35.9 Å². The molecule has 2 N–H and O–H groups in total. The van der Waals surface area contributed by atoms with Crippen LogP contribution in [-0.2, 0) is 14.4 Å². The number of aliphatic imine (C=N–C) groups is 2. The van der Waals surface area contributed by atoms with Crippen LogP contribution in [0.1, 0.15) is 38.7 Å². The van der Waals surface area contributed by atoms with Crippen LogP contribution in [0.5, 0.6) is 5.75 Å². The minimum absolute atomic E-state index is 0.0269. The summed E-state index contributed by atoms with van der Waals surface area (Å²) in [5.41, 5.74) is 2.04. The number of anilines is 1. The molecule has 3 amide bonds. The first-order chi connectivity index (χ1) is 17.5. The third kappa shape index (κ3) is 5.93. The molecule has 1 atom stereocenters. The maximum absolute atomic E-state index is 13.3. The summed E-state index contributed by atoms with van der Waals surface area (Å²) in [7, 11) is 0. The number of thioether (sulfide) groups is 1. The Morgan fingerprint density at radius 1 is 1.08 bits per heavy atom. The Bertz CT molecular complexity index is 1200. The highest BCUT2D eigenvalue weighted by molar-refractivity contribution is 8.14. The number of carbonyl (C=O) groups excluding carboxylic acids is 3. The number of fused-ring (bicyclic) bond motifs is 3. The number of rotatable bonds is 10. The summed E-state index contributed by atoms with van der Waals surface area (Å²) in [6.45, 7) is 5.10. The normalized spacial score (nSPS) is 16.0. The molecular formula is C26H29N5O4S. The van der Waals surface area contributed by atoms with Gasteiger partial charge in [-0.05, 0) is 49.7 Å². The van der Waals surface area contributed by atoms with E-state index in [1.807, 2.05) is 38.1 Å². The molecule has 0 aromatic heterocycles. The molecule has 0 saturated carbocycles. The predicted molar refractivity (Wildman–Crippen MR) is 142 cm³/mol. The van der Waals surface area contributed by atoms with Crippen molar-refractivity contribution in [2.24, 2.45) is 9.98 Å². The van der Waals surface area contributed by atoms with Gasteiger partial charge >= 0.3 is 0 Å². The Balaban J connectivity index is 1.44. The highest BCUT2D eigenvalue weighted by Gasteiger charge is 2.42. The molecule has 188 valence electrons. The maximum atomic E-state index is 13.3. The molecule has 2 aromatic rings. The Kier molecular flexibility index (Phi) is 8.37. The quantitative estimate of drug-likeness (QED) is 0.476. The number of amidine groups is 2. The average molecular weight is 508 g/mol. The van der Waals surface area contributed by atoms with E-state index in [-0.39, 0.29) is 29.9 Å². The molecule has 0 fully saturated rings. The number of ether oxygens (including phenoxy) is 1. The van der Waals surface area contributed by atoms with Crippen molar-refractivity contribution in [3.8, 4) is 5.75 Å². The van der Waals surface area contributed by atoms with Gasteiger partial charge in [-0.2, -0.15) is 0 Å². The SMILES string of the molecule is CCCCNC(=O)C[C@@H]1N=C2c3ccccc3N=C(SCC(=O)Nc3ccc(OCC)cc3)N2C1=O. The summed E-state index contributed by atoms with van der Waals surface area (Å²) >= 11 is 1.15. The minimum atomic E-state index is -0.823. The Morgan fingerprint density at radius 2 is 1.86 bits per heavy atom. The van der Waals surface area contributed by atoms with Crippen molar-refractivity contribution in [3.63, 3.8) is 0 Å². The number of para-hydroxylation sites is 1. The Labute approximate surface area is 214 Å². The zero-order valence-corrected chi connectivity index (χ0v) is 21.1. The topological polar surface area (TPSA) is 112 Å². The number of amides is 3. The van der Waals surface area contributed by atoms with Crippen LogP contribution in [-0.4, -0.2) is 58.6 Å². The highest BCUT2D eigenvalue weighted by atomic mass is 32.2. The van der Waals surface area contributed by atoms with Crippen molar-refractivity contribution in [1.82, 2.24) is 10.2 Å². The lowest BCUT2D eigenvalue weighted by Gasteiger charge is -2.25. The van der Waals surface area contributed by atoms with Gasteiger partial charge in [0, 0.05) is 17.8 Å². The van der Waals surface area contributed by atoms with Gasteiger partial charge < -0.3 is 15.4 Å². The molecule has 0 bridgehead atoms. The summed E-state index contributed by atoms with van der Waals surface area (Å²) in [6, 6.07) is 13.7. The van der Waals surface area contributed by atoms with E-state index >= 15 is 0 Å². The first kappa shape index (κ1) is 25.4. The van der Waals surface area contributed by atoms with Crippen LogP contribution < -0.4 is 15.4 Å². The van der Waals surface area contributed by atoms with Crippen LogP contribution in [0.2, 0.25) is 0 Å². The van der Waals surface area contributed by atoms with E-state index in [9.17, 15) is 14.4 Å². The lowest BCUT2D eigenvalue weighted by atomic mass is 10.1. The number of unbranched alkanes of at least 4 members (excludes halogenated alkanes) is 1. The molecule has 2 aromatic carbocycles. The van der Waals surface area contributed by atoms with Crippen molar-refractivity contribution in [3.05, 3.63) is 54.1 Å². The third-order valence-corrected chi connectivity index (χ3v) is 6.50. The standard InChI is InChI=1S/C26H29N5O4S/c1-3-5-14-27-22(32)15-21-25(34)31-24(29-21)19-8-6-7-9-20(19)30-26(31)36-16-23(33)28-17-10-12-18(13-11-17)35-4-2/h6-13,21H,3-5,14-16H2,1-2H3,(H,27,32)(H,28,33)/t21-/m0/s1. The van der Waals surface area contributed by atoms with Crippen molar-refractivity contribution < 1.29 is 19.1 Å². The summed E-state index contributed by atoms with van der Waals surface area (Å²) in [5.74, 6) is 0.485. The summed E-state index contributed by atoms with van der Waals surface area (Å²) in [5, 5.41) is 6.05. The van der Waals surface area contributed by atoms with Gasteiger partial charge in [0.15, 0.2) is 5.17 Å². The molecule has 0 spiro atoms. The van der Waals surface area contributed by atoms with Crippen molar-refractivity contribution >= 4 is 51.9 Å². The third-order valence-electron chi connectivity index (χ3n) is 5.56. The monoisotopic (exact) mass is 507 g/mol. The number of hydrogen-bond donors (Lipinski definition) is 2. The number of nitrogens with one attached hydrogen (secondary N) is 2. The van der Waals surface area contributed by atoms with Gasteiger partial charge in [-0.3, -0.25) is 19.4 Å². The maximum Gasteiger partial charge on any atom is 0.259 e. The fourth-order valence-electron chi connectivity index (χ4n) is 3.81. The van der Waals surface area contributed by atoms with Gasteiger partial charge in [0.1, 0.15) is 17.6 Å². The van der Waals surface area contributed by atoms with Crippen LogP contribution in [0, 0.1) is 0 Å². The van der Waals surface area contributed by atoms with Gasteiger partial charge in [0.05, 0.1) is 24.5 Å². The van der Waals surface area contributed by atoms with E-state index < -0.39 is 6.04 Å². The van der Waals surface area contributed by atoms with Crippen LogP contribution in [0.25, 0.3) is 0 Å². The zero-order valence-electron chi connectivity index (χ0n) is 20.3. The second kappa shape index (κ2) is 11.9. The first-order valence-corrected chi connectivity index (χ1v) is 13.0. The van der Waals surface area contributed by atoms with Crippen molar-refractivity contribution in [2.45, 2.75) is 39.2 Å². The number of nitrogens with zero attached hydrogens (tertiary/aromatic N) is 3. The van der Waals surface area contributed by atoms with Gasteiger partial charge in [-0.15, -0.1) is 0 Å². The number of hydrogen-bond acceptors (Lipinski definition) is 7. The molecule has 2 aliphatic heterocycles. The molecule has 0 unspecified atom stereocenters. The lowest BCUT2D eigenvalue weighted by molar-refractivity contribution is -0.128. The lowest BCUT2D eigenvalue weighted by Crippen LogP contribution is -2.42. The largest absolute Gasteiger partial charge is 0.494 e. The highest BCUT2D eigenvalue weighted by Crippen LogP contribution is 2.34. The van der Waals surface area contributed by atoms with Crippen LogP contribution in [0.3, 0.4) is 0 Å². The fourth-order valence-corrected chi connectivity index (χ4v) is 4.61. The number of benzene rings is 2. The molecule has 0 radical (unpaired) electrons. The van der Waals surface area contributed by atoms with Crippen LogP contribution in [0.4, 0.5) is 11.4 Å². The number of carbonyl (C=O) groups is 3. The van der Waals surface area contributed by atoms with E-state index in [0.29, 0.717) is 35.5 Å². The van der Waals surface area contributed by atoms with Gasteiger partial charge in [0.25, 0.3) is 5.91 Å². The van der Waals surface area contributed by atoms with E-state index in [2.05, 4.69) is 20.6 Å². The van der Waals surface area contributed by atoms with Gasteiger partial charge in [-0.1, -0.05) is 37.2 Å². The second-order valence-electron chi connectivity index (χ2n) is 8.26. The summed E-state index contributed by atoms with van der Waals surface area (Å²) in [4.78, 5) is 48.9. The minimum Gasteiger partial charge on any atom is -0.494 e. The molecule has 9 nitrogen and oxygen atoms in total. The van der Waals surface area contributed by atoms with Crippen molar-refractivity contribution in [1.29, 1.82) is 0 Å². The smallest absolute Gasteiger partial charge is 0.259 e. The average Bonchev–Trinajstić information content (AvgIpc) is 3.20. The first-order valence-electron chi connectivity index (χ1n) is 12.0. The van der Waals surface area contributed by atoms with Crippen LogP contribution in [0.15, 0.2) is 58.5 Å². The van der Waals surface area contributed by atoms with Gasteiger partial charge in [0.2, 0.25) is 11.8 Å². The van der Waals surface area contributed by atoms with Gasteiger partial charge in [-0.25, -0.2) is 9.89 Å². The van der Waals surface area contributed by atoms with E-state index in [4.69, 9.17) is 4.74 Å². The Hall–Kier alpha value is -3.66. The summed E-state index contributed by atoms with van der Waals surface area (Å²) in [6.07, 6.45) is 1.82. The molecule has 0 aliphatic carbocycles. The molecule has 2 heterocycles. The Morgan fingerprint density at radius 3 is 2.61 bits per heavy atom. The molecule has 4 rings (SSSR count). The molecule has 10 heteroatoms. The fraction of sp³-hybridized carbons (Fsp3) is 0.346.